The molecule has 3 aromatic carbocycles. The molecule has 0 bridgehead atoms. The van der Waals surface area contributed by atoms with Gasteiger partial charge in [0.1, 0.15) is 5.82 Å². The van der Waals surface area contributed by atoms with E-state index < -0.39 is 22.7 Å². The Bertz CT molecular complexity index is 1690. The van der Waals surface area contributed by atoms with Gasteiger partial charge in [-0.15, -0.1) is 0 Å². The van der Waals surface area contributed by atoms with E-state index in [0.29, 0.717) is 87.8 Å². The lowest BCUT2D eigenvalue weighted by atomic mass is 9.71. The number of nitrogens with zero attached hydrogens (tertiary/aromatic N) is 3. The van der Waals surface area contributed by atoms with E-state index in [-0.39, 0.29) is 17.6 Å². The Balaban J connectivity index is 1.17. The van der Waals surface area contributed by atoms with Crippen molar-refractivity contribution < 1.29 is 38.1 Å². The average Bonchev–Trinajstić information content (AvgIpc) is 3.82. The molecule has 3 aliphatic heterocycles. The molecule has 6 rings (SSSR count). The molecule has 51 heavy (non-hydrogen) atoms. The van der Waals surface area contributed by atoms with Crippen molar-refractivity contribution in [1.29, 1.82) is 0 Å². The summed E-state index contributed by atoms with van der Waals surface area (Å²) in [6, 6.07) is 19.8. The Morgan fingerprint density at radius 1 is 0.863 bits per heavy atom. The summed E-state index contributed by atoms with van der Waals surface area (Å²) in [7, 11) is 4.55. The number of hydrogen-bond acceptors (Lipinski definition) is 8. The molecule has 0 aromatic heterocycles. The highest BCUT2D eigenvalue weighted by atomic mass is 19.1. The predicted octanol–water partition coefficient (Wildman–Crippen LogP) is 4.50. The molecule has 0 radical (unpaired) electrons. The molecule has 0 saturated carbocycles. The third kappa shape index (κ3) is 7.38. The Labute approximate surface area is 298 Å². The predicted molar refractivity (Wildman–Crippen MR) is 189 cm³/mol. The van der Waals surface area contributed by atoms with Crippen molar-refractivity contribution in [3.05, 3.63) is 89.2 Å². The van der Waals surface area contributed by atoms with Crippen molar-refractivity contribution >= 4 is 17.8 Å². The molecule has 3 heterocycles. The smallest absolute Gasteiger partial charge is 0.307 e. The first-order chi connectivity index (χ1) is 24.6. The van der Waals surface area contributed by atoms with Gasteiger partial charge in [0.25, 0.3) is 5.91 Å². The summed E-state index contributed by atoms with van der Waals surface area (Å²) in [5.74, 6) is -0.669. The molecule has 3 saturated heterocycles. The normalized spacial score (nSPS) is 22.0. The second-order valence-corrected chi connectivity index (χ2v) is 13.9. The van der Waals surface area contributed by atoms with E-state index in [2.05, 4.69) is 10.3 Å². The van der Waals surface area contributed by atoms with Crippen LogP contribution in [0.3, 0.4) is 0 Å². The molecular weight excluding hydrogens is 655 g/mol. The topological polar surface area (TPSA) is 121 Å². The van der Waals surface area contributed by atoms with Gasteiger partial charge < -0.3 is 29.1 Å². The molecule has 11 nitrogen and oxygen atoms in total. The van der Waals surface area contributed by atoms with Crippen molar-refractivity contribution in [3.8, 4) is 17.2 Å². The van der Waals surface area contributed by atoms with Crippen LogP contribution in [0.4, 0.5) is 4.39 Å². The standard InChI is InChI=1S/C39H47FN4O7/c1-49-32-23-28(24-33(50-2)34(32)51-3)35(45)43-22-15-38(26-43,29-9-11-31(40)12-10-29)14-19-42-20-16-39(17-21-42,30-7-5-4-6-8-30)37(48)41-44-18-13-27(25-44)36(46)47/h4-12,23-24,27H,13-22,25-26H2,1-3H3,(H,41,48)(H,46,47). The Hall–Kier alpha value is -4.68. The number of benzene rings is 3. The molecule has 3 aromatic rings. The highest BCUT2D eigenvalue weighted by Crippen LogP contribution is 2.42. The van der Waals surface area contributed by atoms with Gasteiger partial charge in [0, 0.05) is 37.2 Å². The zero-order valence-electron chi connectivity index (χ0n) is 29.5. The lowest BCUT2D eigenvalue weighted by Crippen LogP contribution is -2.55. The number of likely N-dealkylation sites (tertiary alicyclic amines) is 2. The van der Waals surface area contributed by atoms with Gasteiger partial charge >= 0.3 is 5.97 Å². The van der Waals surface area contributed by atoms with Crippen LogP contribution in [-0.4, -0.2) is 105 Å². The fourth-order valence-corrected chi connectivity index (χ4v) is 8.07. The molecule has 0 aliphatic carbocycles. The van der Waals surface area contributed by atoms with Crippen molar-refractivity contribution in [3.63, 3.8) is 0 Å². The zero-order chi connectivity index (χ0) is 36.2. The van der Waals surface area contributed by atoms with Crippen LogP contribution in [0.5, 0.6) is 17.2 Å². The average molecular weight is 703 g/mol. The van der Waals surface area contributed by atoms with Gasteiger partial charge in [-0.3, -0.25) is 19.8 Å². The minimum absolute atomic E-state index is 0.0982. The number of nitrogens with one attached hydrogen (secondary N) is 1. The van der Waals surface area contributed by atoms with Gasteiger partial charge in [0.05, 0.1) is 32.7 Å². The summed E-state index contributed by atoms with van der Waals surface area (Å²) in [6.07, 6.45) is 3.17. The minimum Gasteiger partial charge on any atom is -0.493 e. The largest absolute Gasteiger partial charge is 0.493 e. The molecule has 0 spiro atoms. The van der Waals surface area contributed by atoms with Crippen LogP contribution in [0.1, 0.15) is 53.6 Å². The lowest BCUT2D eigenvalue weighted by molar-refractivity contribution is -0.142. The molecule has 2 amide bonds. The number of hydrazine groups is 1. The van der Waals surface area contributed by atoms with Gasteiger partial charge in [-0.1, -0.05) is 42.5 Å². The number of carbonyl (C=O) groups is 3. The first-order valence-corrected chi connectivity index (χ1v) is 17.5. The van der Waals surface area contributed by atoms with E-state index in [4.69, 9.17) is 14.2 Å². The Morgan fingerprint density at radius 2 is 1.53 bits per heavy atom. The molecule has 2 N–H and O–H groups in total. The lowest BCUT2D eigenvalue weighted by Gasteiger charge is -2.42. The second-order valence-electron chi connectivity index (χ2n) is 13.9. The summed E-state index contributed by atoms with van der Waals surface area (Å²) < 4.78 is 30.5. The number of amides is 2. The van der Waals surface area contributed by atoms with Crippen LogP contribution >= 0.6 is 0 Å². The van der Waals surface area contributed by atoms with E-state index in [0.717, 1.165) is 24.1 Å². The van der Waals surface area contributed by atoms with Gasteiger partial charge in [-0.2, -0.15) is 0 Å². The zero-order valence-corrected chi connectivity index (χ0v) is 29.5. The van der Waals surface area contributed by atoms with Gasteiger partial charge in [0.15, 0.2) is 11.5 Å². The molecule has 2 unspecified atom stereocenters. The minimum atomic E-state index is -0.841. The number of carboxylic acid groups (broad SMARTS) is 1. The van der Waals surface area contributed by atoms with E-state index in [9.17, 15) is 23.9 Å². The van der Waals surface area contributed by atoms with Crippen LogP contribution in [0.2, 0.25) is 0 Å². The highest BCUT2D eigenvalue weighted by Gasteiger charge is 2.46. The Morgan fingerprint density at radius 3 is 2.12 bits per heavy atom. The number of carbonyl (C=O) groups excluding carboxylic acids is 2. The molecule has 3 aliphatic rings. The van der Waals surface area contributed by atoms with Crippen LogP contribution in [0.25, 0.3) is 0 Å². The SMILES string of the molecule is COc1cc(C(=O)N2CCC(CCN3CCC(C(=O)NN4CCC(C(=O)O)C4)(c4ccccc4)CC3)(c3ccc(F)cc3)C2)cc(OC)c1OC. The number of rotatable bonds is 12. The third-order valence-corrected chi connectivity index (χ3v) is 11.2. The third-order valence-electron chi connectivity index (χ3n) is 11.2. The second kappa shape index (κ2) is 15.3. The summed E-state index contributed by atoms with van der Waals surface area (Å²) in [6.45, 7) is 3.91. The number of hydrogen-bond donors (Lipinski definition) is 2. The number of carboxylic acids is 1. The van der Waals surface area contributed by atoms with Gasteiger partial charge in [-0.05, 0) is 87.1 Å². The maximum absolute atomic E-state index is 14.1. The van der Waals surface area contributed by atoms with Crippen LogP contribution in [0, 0.1) is 11.7 Å². The first kappa shape index (κ1) is 36.1. The maximum Gasteiger partial charge on any atom is 0.307 e. The van der Waals surface area contributed by atoms with E-state index in [1.165, 1.54) is 33.5 Å². The van der Waals surface area contributed by atoms with Crippen LogP contribution in [-0.2, 0) is 20.4 Å². The van der Waals surface area contributed by atoms with E-state index in [1.54, 1.807) is 17.1 Å². The van der Waals surface area contributed by atoms with E-state index in [1.807, 2.05) is 47.4 Å². The molecule has 2 atom stereocenters. The fourth-order valence-electron chi connectivity index (χ4n) is 8.07. The highest BCUT2D eigenvalue weighted by molar-refractivity contribution is 5.96. The van der Waals surface area contributed by atoms with Crippen LogP contribution in [0.15, 0.2) is 66.7 Å². The van der Waals surface area contributed by atoms with Gasteiger partial charge in [-0.25, -0.2) is 9.40 Å². The van der Waals surface area contributed by atoms with Crippen molar-refractivity contribution in [2.45, 2.75) is 42.9 Å². The number of halogens is 1. The summed E-state index contributed by atoms with van der Waals surface area (Å²) in [4.78, 5) is 43.7. The summed E-state index contributed by atoms with van der Waals surface area (Å²) >= 11 is 0. The van der Waals surface area contributed by atoms with E-state index >= 15 is 0 Å². The van der Waals surface area contributed by atoms with Crippen molar-refractivity contribution in [2.24, 2.45) is 5.92 Å². The number of piperidine rings is 1. The fraction of sp³-hybridized carbons (Fsp3) is 0.462. The monoisotopic (exact) mass is 702 g/mol. The Kier molecular flexibility index (Phi) is 10.8. The molecular formula is C39H47FN4O7. The maximum atomic E-state index is 14.1. The van der Waals surface area contributed by atoms with Crippen molar-refractivity contribution in [2.75, 3.05) is 67.1 Å². The number of methoxy groups -OCH3 is 3. The first-order valence-electron chi connectivity index (χ1n) is 17.5. The number of aliphatic carboxylic acids is 1. The van der Waals surface area contributed by atoms with Crippen molar-refractivity contribution in [1.82, 2.24) is 20.2 Å². The summed E-state index contributed by atoms with van der Waals surface area (Å²) in [5, 5.41) is 11.2. The molecule has 3 fully saturated rings. The summed E-state index contributed by atoms with van der Waals surface area (Å²) in [5.41, 5.74) is 4.30. The van der Waals surface area contributed by atoms with Crippen LogP contribution < -0.4 is 19.6 Å². The van der Waals surface area contributed by atoms with Gasteiger partial charge in [0.2, 0.25) is 11.7 Å². The number of ether oxygens (including phenoxy) is 3. The quantitative estimate of drug-likeness (QED) is 0.281. The molecule has 12 heteroatoms. The molecule has 272 valence electrons.